The largest absolute Gasteiger partial charge is 1.00 e. The van der Waals surface area contributed by atoms with E-state index >= 15 is 0 Å². The van der Waals surface area contributed by atoms with Crippen LogP contribution in [0.5, 0.6) is 0 Å². The minimum Gasteiger partial charge on any atom is -1.00 e. The van der Waals surface area contributed by atoms with E-state index in [1.165, 1.54) is 49.9 Å². The lowest BCUT2D eigenvalue weighted by atomic mass is 10.1. The quantitative estimate of drug-likeness (QED) is 0.204. The van der Waals surface area contributed by atoms with Crippen molar-refractivity contribution >= 4 is 25.3 Å². The molecule has 0 heterocycles. The molecule has 0 radical (unpaired) electrons. The van der Waals surface area contributed by atoms with Crippen LogP contribution in [0, 0.1) is 0 Å². The number of quaternary nitrogens is 2. The van der Waals surface area contributed by atoms with Gasteiger partial charge in [-0.1, -0.05) is 24.3 Å². The van der Waals surface area contributed by atoms with Crippen molar-refractivity contribution in [2.45, 2.75) is 48.6 Å². The van der Waals surface area contributed by atoms with Crippen molar-refractivity contribution in [2.75, 3.05) is 41.3 Å². The summed E-state index contributed by atoms with van der Waals surface area (Å²) in [6.07, 6.45) is 5.25. The van der Waals surface area contributed by atoms with Crippen molar-refractivity contribution in [1.29, 1.82) is 0 Å². The first-order chi connectivity index (χ1) is 13.2. The van der Waals surface area contributed by atoms with Gasteiger partial charge in [0.2, 0.25) is 0 Å². The lowest BCUT2D eigenvalue weighted by molar-refractivity contribution is -0.904. The van der Waals surface area contributed by atoms with E-state index in [0.717, 1.165) is 31.8 Å². The number of thiol groups is 2. The smallest absolute Gasteiger partial charge is 0.104 e. The maximum atomic E-state index is 4.37. The standard InChI is InChI=1S/C24H36N2S2.2BrH/c1-25(2,19-21-9-13-23(27)14-10-21)17-7-5-6-8-18-26(3,4)20-22-11-15-24(28)16-12-22;;/h9-16H,5-8,17-20H2,1-4H3;2*1H. The topological polar surface area (TPSA) is 0 Å². The molecule has 0 aliphatic heterocycles. The molecule has 6 heteroatoms. The third-order valence-corrected chi connectivity index (χ3v) is 5.97. The van der Waals surface area contributed by atoms with Gasteiger partial charge in [-0.15, -0.1) is 25.3 Å². The molecule has 30 heavy (non-hydrogen) atoms. The summed E-state index contributed by atoms with van der Waals surface area (Å²) in [7, 11) is 9.35. The molecule has 0 saturated carbocycles. The molecule has 0 spiro atoms. The fourth-order valence-electron chi connectivity index (χ4n) is 3.78. The first kappa shape index (κ1) is 30.0. The van der Waals surface area contributed by atoms with Crippen molar-refractivity contribution in [3.05, 3.63) is 59.7 Å². The zero-order valence-corrected chi connectivity index (χ0v) is 23.8. The molecule has 2 rings (SSSR count). The van der Waals surface area contributed by atoms with Crippen LogP contribution in [0.4, 0.5) is 0 Å². The van der Waals surface area contributed by atoms with E-state index in [4.69, 9.17) is 0 Å². The maximum absolute atomic E-state index is 4.37. The summed E-state index contributed by atoms with van der Waals surface area (Å²) in [5.41, 5.74) is 2.79. The lowest BCUT2D eigenvalue weighted by Crippen LogP contribution is -3.00. The number of nitrogens with zero attached hydrogens (tertiary/aromatic N) is 2. The molecular weight excluding hydrogens is 540 g/mol. The molecule has 0 aliphatic rings. The van der Waals surface area contributed by atoms with E-state index in [9.17, 15) is 0 Å². The summed E-state index contributed by atoms with van der Waals surface area (Å²) in [6, 6.07) is 17.2. The highest BCUT2D eigenvalue weighted by molar-refractivity contribution is 7.80. The van der Waals surface area contributed by atoms with E-state index in [1.807, 2.05) is 0 Å². The van der Waals surface area contributed by atoms with Gasteiger partial charge >= 0.3 is 0 Å². The molecule has 0 aromatic heterocycles. The highest BCUT2D eigenvalue weighted by atomic mass is 79.9. The van der Waals surface area contributed by atoms with Gasteiger partial charge in [0, 0.05) is 20.9 Å². The summed E-state index contributed by atoms with van der Waals surface area (Å²) in [6.45, 7) is 4.64. The zero-order chi connectivity index (χ0) is 20.6. The van der Waals surface area contributed by atoms with Crippen molar-refractivity contribution in [1.82, 2.24) is 0 Å². The van der Waals surface area contributed by atoms with Crippen LogP contribution < -0.4 is 34.0 Å². The second-order valence-corrected chi connectivity index (χ2v) is 10.4. The number of benzene rings is 2. The highest BCUT2D eigenvalue weighted by Crippen LogP contribution is 2.16. The SMILES string of the molecule is C[N+](C)(CCCCCC[N+](C)(C)Cc1ccc(S)cc1)Cc1ccc(S)cc1.[Br-].[Br-]. The van der Waals surface area contributed by atoms with Gasteiger partial charge in [-0.2, -0.15) is 0 Å². The van der Waals surface area contributed by atoms with E-state index in [2.05, 4.69) is 102 Å². The molecule has 0 fully saturated rings. The average Bonchev–Trinajstić information content (AvgIpc) is 2.61. The number of rotatable bonds is 11. The third kappa shape index (κ3) is 12.2. The normalized spacial score (nSPS) is 11.5. The Morgan fingerprint density at radius 3 is 1.13 bits per heavy atom. The third-order valence-electron chi connectivity index (χ3n) is 5.37. The minimum atomic E-state index is 0. The summed E-state index contributed by atoms with van der Waals surface area (Å²) < 4.78 is 2.10. The zero-order valence-electron chi connectivity index (χ0n) is 18.8. The summed E-state index contributed by atoms with van der Waals surface area (Å²) in [4.78, 5) is 2.07. The monoisotopic (exact) mass is 576 g/mol. The second kappa shape index (κ2) is 14.2. The van der Waals surface area contributed by atoms with Crippen LogP contribution in [0.3, 0.4) is 0 Å². The van der Waals surface area contributed by atoms with E-state index in [-0.39, 0.29) is 34.0 Å². The average molecular weight is 579 g/mol. The van der Waals surface area contributed by atoms with Crippen molar-refractivity contribution in [2.24, 2.45) is 0 Å². The molecule has 0 atom stereocenters. The Labute approximate surface area is 216 Å². The molecule has 0 saturated heterocycles. The summed E-state index contributed by atoms with van der Waals surface area (Å²) in [5.74, 6) is 0. The van der Waals surface area contributed by atoms with Crippen LogP contribution in [0.1, 0.15) is 36.8 Å². The molecule has 170 valence electrons. The van der Waals surface area contributed by atoms with Gasteiger partial charge in [-0.3, -0.25) is 0 Å². The molecule has 0 N–H and O–H groups in total. The number of halogens is 2. The Hall–Kier alpha value is 0.0200. The van der Waals surface area contributed by atoms with Gasteiger partial charge in [0.25, 0.3) is 0 Å². The molecule has 0 unspecified atom stereocenters. The lowest BCUT2D eigenvalue weighted by Gasteiger charge is -2.31. The Bertz CT molecular complexity index is 653. The maximum Gasteiger partial charge on any atom is 0.104 e. The van der Waals surface area contributed by atoms with Gasteiger partial charge in [0.15, 0.2) is 0 Å². The number of unbranched alkanes of at least 4 members (excludes halogenated alkanes) is 3. The van der Waals surface area contributed by atoms with Crippen molar-refractivity contribution in [3.8, 4) is 0 Å². The van der Waals surface area contributed by atoms with Crippen LogP contribution in [0.2, 0.25) is 0 Å². The number of hydrogen-bond donors (Lipinski definition) is 2. The van der Waals surface area contributed by atoms with E-state index < -0.39 is 0 Å². The van der Waals surface area contributed by atoms with E-state index in [1.54, 1.807) is 0 Å². The molecule has 2 nitrogen and oxygen atoms in total. The molecule has 0 aliphatic carbocycles. The van der Waals surface area contributed by atoms with Crippen LogP contribution in [0.15, 0.2) is 58.3 Å². The van der Waals surface area contributed by atoms with Crippen LogP contribution >= 0.6 is 25.3 Å². The van der Waals surface area contributed by atoms with Crippen LogP contribution in [-0.4, -0.2) is 50.2 Å². The van der Waals surface area contributed by atoms with Gasteiger partial charge in [-0.25, -0.2) is 0 Å². The fraction of sp³-hybridized carbons (Fsp3) is 0.500. The Morgan fingerprint density at radius 1 is 0.533 bits per heavy atom. The number of hydrogen-bond acceptors (Lipinski definition) is 2. The van der Waals surface area contributed by atoms with Crippen molar-refractivity contribution < 1.29 is 42.9 Å². The van der Waals surface area contributed by atoms with Crippen LogP contribution in [-0.2, 0) is 13.1 Å². The highest BCUT2D eigenvalue weighted by Gasteiger charge is 2.17. The molecule has 0 amide bonds. The molecule has 2 aromatic rings. The Balaban J connectivity index is 0.00000420. The molecule has 0 bridgehead atoms. The first-order valence-corrected chi connectivity index (χ1v) is 11.2. The van der Waals surface area contributed by atoms with Gasteiger partial charge < -0.3 is 42.9 Å². The van der Waals surface area contributed by atoms with Gasteiger partial charge in [0.1, 0.15) is 13.1 Å². The van der Waals surface area contributed by atoms with Gasteiger partial charge in [0.05, 0.1) is 41.3 Å². The predicted molar refractivity (Wildman–Crippen MR) is 127 cm³/mol. The summed E-state index contributed by atoms with van der Waals surface area (Å²) >= 11 is 8.75. The Morgan fingerprint density at radius 2 is 0.833 bits per heavy atom. The Kier molecular flexibility index (Phi) is 14.2. The fourth-order valence-corrected chi connectivity index (χ4v) is 4.08. The predicted octanol–water partition coefficient (Wildman–Crippen LogP) is -0.315. The second-order valence-electron chi connectivity index (χ2n) is 9.38. The molecule has 2 aromatic carbocycles. The van der Waals surface area contributed by atoms with Gasteiger partial charge in [-0.05, 0) is 49.9 Å². The molecular formula is C24H38Br2N2S2. The summed E-state index contributed by atoms with van der Waals surface area (Å²) in [5, 5.41) is 0. The van der Waals surface area contributed by atoms with E-state index in [0.29, 0.717) is 0 Å². The first-order valence-electron chi connectivity index (χ1n) is 10.4. The van der Waals surface area contributed by atoms with Crippen LogP contribution in [0.25, 0.3) is 0 Å². The minimum absolute atomic E-state index is 0. The van der Waals surface area contributed by atoms with Crippen molar-refractivity contribution in [3.63, 3.8) is 0 Å².